The molecule has 0 unspecified atom stereocenters. The summed E-state index contributed by atoms with van der Waals surface area (Å²) in [7, 11) is 0. The highest BCUT2D eigenvalue weighted by atomic mass is 19.2. The van der Waals surface area contributed by atoms with Crippen LogP contribution in [-0.2, 0) is 0 Å². The molecule has 0 saturated carbocycles. The van der Waals surface area contributed by atoms with E-state index in [0.717, 1.165) is 0 Å². The highest BCUT2D eigenvalue weighted by Gasteiger charge is 2.25. The Balaban J connectivity index is 2.58. The van der Waals surface area contributed by atoms with Crippen LogP contribution in [0.5, 0.6) is 0 Å². The molecule has 0 heterocycles. The van der Waals surface area contributed by atoms with Gasteiger partial charge in [0.1, 0.15) is 6.10 Å². The fourth-order valence-electron chi connectivity index (χ4n) is 1.63. The smallest absolute Gasteiger partial charge is 0.168 e. The molecule has 0 aliphatic carbocycles. The largest absolute Gasteiger partial charge is 0.383 e. The molecule has 2 aromatic carbocycles. The van der Waals surface area contributed by atoms with E-state index >= 15 is 0 Å². The van der Waals surface area contributed by atoms with E-state index in [4.69, 9.17) is 0 Å². The van der Waals surface area contributed by atoms with Crippen molar-refractivity contribution in [3.8, 4) is 0 Å². The van der Waals surface area contributed by atoms with Crippen LogP contribution in [0.2, 0.25) is 0 Å². The van der Waals surface area contributed by atoms with Crippen LogP contribution in [0.3, 0.4) is 0 Å². The van der Waals surface area contributed by atoms with E-state index in [0.29, 0.717) is 0 Å². The third-order valence-electron chi connectivity index (χ3n) is 2.53. The van der Waals surface area contributed by atoms with Crippen LogP contribution < -0.4 is 0 Å². The van der Waals surface area contributed by atoms with Gasteiger partial charge < -0.3 is 5.11 Å². The molecule has 0 bridgehead atoms. The Morgan fingerprint density at radius 2 is 1.33 bits per heavy atom. The van der Waals surface area contributed by atoms with Crippen LogP contribution >= 0.6 is 0 Å². The first-order valence-electron chi connectivity index (χ1n) is 5.08. The minimum atomic E-state index is -1.77. The Bertz CT molecular complexity index is 543. The SMILES string of the molecule is O[C@H](c1ccccc1)c1c(F)c(F)cc(F)c1F. The van der Waals surface area contributed by atoms with Crippen LogP contribution in [0.25, 0.3) is 0 Å². The molecule has 0 aromatic heterocycles. The Morgan fingerprint density at radius 3 is 1.83 bits per heavy atom. The second-order valence-corrected chi connectivity index (χ2v) is 3.70. The van der Waals surface area contributed by atoms with E-state index < -0.39 is 34.9 Å². The average Bonchev–Trinajstić information content (AvgIpc) is 2.37. The molecule has 0 radical (unpaired) electrons. The predicted octanol–water partition coefficient (Wildman–Crippen LogP) is 3.32. The Labute approximate surface area is 100 Å². The van der Waals surface area contributed by atoms with Crippen molar-refractivity contribution in [3.63, 3.8) is 0 Å². The van der Waals surface area contributed by atoms with Gasteiger partial charge in [-0.3, -0.25) is 0 Å². The first-order valence-corrected chi connectivity index (χ1v) is 5.08. The van der Waals surface area contributed by atoms with Crippen LogP contribution in [0.15, 0.2) is 36.4 Å². The van der Waals surface area contributed by atoms with E-state index in [-0.39, 0.29) is 11.6 Å². The first-order chi connectivity index (χ1) is 8.52. The van der Waals surface area contributed by atoms with Gasteiger partial charge in [0.15, 0.2) is 23.3 Å². The summed E-state index contributed by atoms with van der Waals surface area (Å²) in [5, 5.41) is 9.79. The molecule has 5 heteroatoms. The lowest BCUT2D eigenvalue weighted by Crippen LogP contribution is -2.09. The van der Waals surface area contributed by atoms with Gasteiger partial charge in [-0.25, -0.2) is 17.6 Å². The number of aliphatic hydroxyl groups is 1. The van der Waals surface area contributed by atoms with Gasteiger partial charge in [0.25, 0.3) is 0 Å². The van der Waals surface area contributed by atoms with Gasteiger partial charge in [0.2, 0.25) is 0 Å². The third-order valence-corrected chi connectivity index (χ3v) is 2.53. The monoisotopic (exact) mass is 256 g/mol. The number of benzene rings is 2. The molecule has 1 N–H and O–H groups in total. The van der Waals surface area contributed by atoms with Crippen molar-refractivity contribution in [1.82, 2.24) is 0 Å². The van der Waals surface area contributed by atoms with Gasteiger partial charge >= 0.3 is 0 Å². The summed E-state index contributed by atoms with van der Waals surface area (Å²) < 4.78 is 52.9. The molecular formula is C13H8F4O. The topological polar surface area (TPSA) is 20.2 Å². The number of rotatable bonds is 2. The maximum absolute atomic E-state index is 13.4. The highest BCUT2D eigenvalue weighted by molar-refractivity contribution is 5.32. The van der Waals surface area contributed by atoms with Gasteiger partial charge in [-0.2, -0.15) is 0 Å². The predicted molar refractivity (Wildman–Crippen MR) is 56.8 cm³/mol. The second kappa shape index (κ2) is 4.78. The maximum Gasteiger partial charge on any atom is 0.168 e. The number of hydrogen-bond donors (Lipinski definition) is 1. The van der Waals surface area contributed by atoms with Crippen molar-refractivity contribution in [3.05, 3.63) is 70.8 Å². The van der Waals surface area contributed by atoms with Crippen molar-refractivity contribution in [1.29, 1.82) is 0 Å². The number of aliphatic hydroxyl groups excluding tert-OH is 1. The van der Waals surface area contributed by atoms with Crippen LogP contribution in [0.4, 0.5) is 17.6 Å². The van der Waals surface area contributed by atoms with Crippen LogP contribution in [0.1, 0.15) is 17.2 Å². The summed E-state index contributed by atoms with van der Waals surface area (Å²) in [4.78, 5) is 0. The van der Waals surface area contributed by atoms with E-state index in [1.165, 1.54) is 24.3 Å². The standard InChI is InChI=1S/C13H8F4O/c14-8-6-9(15)12(17)10(11(8)16)13(18)7-4-2-1-3-5-7/h1-6,13,18H/t13-/m1/s1. The molecule has 2 aromatic rings. The summed E-state index contributed by atoms with van der Waals surface area (Å²) in [5.41, 5.74) is -0.890. The van der Waals surface area contributed by atoms with Crippen molar-refractivity contribution in [2.24, 2.45) is 0 Å². The maximum atomic E-state index is 13.4. The van der Waals surface area contributed by atoms with Gasteiger partial charge in [-0.15, -0.1) is 0 Å². The molecule has 2 rings (SSSR count). The molecule has 94 valence electrons. The van der Waals surface area contributed by atoms with Crippen LogP contribution in [0, 0.1) is 23.3 Å². The molecule has 0 aliphatic rings. The molecule has 0 saturated heterocycles. The van der Waals surface area contributed by atoms with Gasteiger partial charge in [0, 0.05) is 6.07 Å². The molecule has 0 amide bonds. The lowest BCUT2D eigenvalue weighted by molar-refractivity contribution is 0.205. The first kappa shape index (κ1) is 12.6. The summed E-state index contributed by atoms with van der Waals surface area (Å²) in [6.45, 7) is 0. The molecule has 0 aliphatic heterocycles. The van der Waals surface area contributed by atoms with E-state index in [2.05, 4.69) is 0 Å². The molecular weight excluding hydrogens is 248 g/mol. The highest BCUT2D eigenvalue weighted by Crippen LogP contribution is 2.29. The van der Waals surface area contributed by atoms with Crippen molar-refractivity contribution >= 4 is 0 Å². The Hall–Kier alpha value is -1.88. The zero-order valence-electron chi connectivity index (χ0n) is 9.00. The van der Waals surface area contributed by atoms with E-state index in [1.807, 2.05) is 0 Å². The summed E-state index contributed by atoms with van der Waals surface area (Å²) in [6.07, 6.45) is -1.77. The quantitative estimate of drug-likeness (QED) is 0.645. The minimum Gasteiger partial charge on any atom is -0.383 e. The van der Waals surface area contributed by atoms with Crippen molar-refractivity contribution < 1.29 is 22.7 Å². The van der Waals surface area contributed by atoms with Gasteiger partial charge in [-0.05, 0) is 5.56 Å². The lowest BCUT2D eigenvalue weighted by Gasteiger charge is -2.14. The normalized spacial score (nSPS) is 12.5. The summed E-state index contributed by atoms with van der Waals surface area (Å²) >= 11 is 0. The van der Waals surface area contributed by atoms with Gasteiger partial charge in [0.05, 0.1) is 5.56 Å². The number of halogens is 4. The van der Waals surface area contributed by atoms with E-state index in [9.17, 15) is 22.7 Å². The fraction of sp³-hybridized carbons (Fsp3) is 0.0769. The van der Waals surface area contributed by atoms with Crippen LogP contribution in [-0.4, -0.2) is 5.11 Å². The van der Waals surface area contributed by atoms with E-state index in [1.54, 1.807) is 6.07 Å². The third kappa shape index (κ3) is 2.09. The summed E-state index contributed by atoms with van der Waals surface area (Å²) in [6, 6.07) is 7.59. The Morgan fingerprint density at radius 1 is 0.833 bits per heavy atom. The lowest BCUT2D eigenvalue weighted by atomic mass is 10.00. The minimum absolute atomic E-state index is 0.103. The fourth-order valence-corrected chi connectivity index (χ4v) is 1.63. The van der Waals surface area contributed by atoms with Crippen molar-refractivity contribution in [2.45, 2.75) is 6.10 Å². The molecule has 1 atom stereocenters. The average molecular weight is 256 g/mol. The van der Waals surface area contributed by atoms with Gasteiger partial charge in [-0.1, -0.05) is 30.3 Å². The summed E-state index contributed by atoms with van der Waals surface area (Å²) in [5.74, 6) is -6.27. The molecule has 0 spiro atoms. The van der Waals surface area contributed by atoms with Crippen molar-refractivity contribution in [2.75, 3.05) is 0 Å². The molecule has 1 nitrogen and oxygen atoms in total. The second-order valence-electron chi connectivity index (χ2n) is 3.70. The molecule has 0 fully saturated rings. The zero-order chi connectivity index (χ0) is 13.3. The number of hydrogen-bond acceptors (Lipinski definition) is 1. The Kier molecular flexibility index (Phi) is 3.34. The molecule has 18 heavy (non-hydrogen) atoms. The zero-order valence-corrected chi connectivity index (χ0v) is 9.00.